The molecule has 3 heteroatoms. The number of hydrogen-bond acceptors (Lipinski definition) is 2. The SMILES string of the molecule is Cc1ccc(Cc2nc(CO)c(C)[nH]2)cc1. The summed E-state index contributed by atoms with van der Waals surface area (Å²) in [5.41, 5.74) is 4.17. The molecular formula is C13H16N2O. The maximum atomic E-state index is 9.05. The van der Waals surface area contributed by atoms with E-state index >= 15 is 0 Å². The molecule has 2 rings (SSSR count). The van der Waals surface area contributed by atoms with Crippen LogP contribution < -0.4 is 0 Å². The summed E-state index contributed by atoms with van der Waals surface area (Å²) in [6.07, 6.45) is 0.779. The Labute approximate surface area is 95.2 Å². The lowest BCUT2D eigenvalue weighted by molar-refractivity contribution is 0.276. The van der Waals surface area contributed by atoms with E-state index < -0.39 is 0 Å². The number of benzene rings is 1. The monoisotopic (exact) mass is 216 g/mol. The van der Waals surface area contributed by atoms with E-state index in [2.05, 4.69) is 41.2 Å². The molecule has 0 saturated carbocycles. The van der Waals surface area contributed by atoms with Gasteiger partial charge in [-0.3, -0.25) is 0 Å². The van der Waals surface area contributed by atoms with E-state index in [9.17, 15) is 0 Å². The highest BCUT2D eigenvalue weighted by Gasteiger charge is 2.05. The molecule has 1 aromatic carbocycles. The molecule has 0 atom stereocenters. The van der Waals surface area contributed by atoms with E-state index in [1.165, 1.54) is 11.1 Å². The van der Waals surface area contributed by atoms with E-state index in [1.807, 2.05) is 6.92 Å². The second kappa shape index (κ2) is 4.49. The fraction of sp³-hybridized carbons (Fsp3) is 0.308. The van der Waals surface area contributed by atoms with Crippen LogP contribution in [0.3, 0.4) is 0 Å². The van der Waals surface area contributed by atoms with Gasteiger partial charge in [-0.25, -0.2) is 4.98 Å². The van der Waals surface area contributed by atoms with Crippen molar-refractivity contribution in [2.75, 3.05) is 0 Å². The average Bonchev–Trinajstić information content (AvgIpc) is 2.62. The molecule has 0 aliphatic heterocycles. The molecule has 0 radical (unpaired) electrons. The zero-order chi connectivity index (χ0) is 11.5. The molecule has 0 amide bonds. The molecule has 84 valence electrons. The summed E-state index contributed by atoms with van der Waals surface area (Å²) in [6.45, 7) is 4.00. The lowest BCUT2D eigenvalue weighted by atomic mass is 10.1. The summed E-state index contributed by atoms with van der Waals surface area (Å²) in [5.74, 6) is 0.908. The van der Waals surface area contributed by atoms with Gasteiger partial charge in [-0.1, -0.05) is 29.8 Å². The molecule has 0 spiro atoms. The van der Waals surface area contributed by atoms with Crippen LogP contribution in [0.1, 0.15) is 28.3 Å². The normalized spacial score (nSPS) is 10.7. The number of aliphatic hydroxyl groups excluding tert-OH is 1. The van der Waals surface area contributed by atoms with Gasteiger partial charge in [0.15, 0.2) is 0 Å². The molecule has 1 aromatic heterocycles. The third-order valence-corrected chi connectivity index (χ3v) is 2.68. The Morgan fingerprint density at radius 2 is 1.88 bits per heavy atom. The smallest absolute Gasteiger partial charge is 0.111 e. The first-order valence-electron chi connectivity index (χ1n) is 5.40. The molecule has 0 unspecified atom stereocenters. The molecule has 2 N–H and O–H groups in total. The van der Waals surface area contributed by atoms with Crippen molar-refractivity contribution < 1.29 is 5.11 Å². The Bertz CT molecular complexity index is 471. The summed E-state index contributed by atoms with van der Waals surface area (Å²) >= 11 is 0. The molecule has 0 fully saturated rings. The predicted molar refractivity (Wildman–Crippen MR) is 63.2 cm³/mol. The zero-order valence-electron chi connectivity index (χ0n) is 9.62. The van der Waals surface area contributed by atoms with Crippen molar-refractivity contribution in [3.63, 3.8) is 0 Å². The van der Waals surface area contributed by atoms with Gasteiger partial charge in [0.2, 0.25) is 0 Å². The van der Waals surface area contributed by atoms with Crippen LogP contribution in [-0.2, 0) is 13.0 Å². The highest BCUT2D eigenvalue weighted by molar-refractivity contribution is 5.25. The fourth-order valence-corrected chi connectivity index (χ4v) is 1.70. The summed E-state index contributed by atoms with van der Waals surface area (Å²) in [7, 11) is 0. The average molecular weight is 216 g/mol. The predicted octanol–water partition coefficient (Wildman–Crippen LogP) is 2.11. The summed E-state index contributed by atoms with van der Waals surface area (Å²) in [6, 6.07) is 8.40. The zero-order valence-corrected chi connectivity index (χ0v) is 9.62. The van der Waals surface area contributed by atoms with Crippen molar-refractivity contribution in [2.24, 2.45) is 0 Å². The highest BCUT2D eigenvalue weighted by atomic mass is 16.3. The number of aromatic nitrogens is 2. The first-order valence-corrected chi connectivity index (χ1v) is 5.40. The van der Waals surface area contributed by atoms with E-state index in [4.69, 9.17) is 5.11 Å². The van der Waals surface area contributed by atoms with Gasteiger partial charge >= 0.3 is 0 Å². The second-order valence-corrected chi connectivity index (χ2v) is 4.08. The van der Waals surface area contributed by atoms with Crippen LogP contribution in [-0.4, -0.2) is 15.1 Å². The van der Waals surface area contributed by atoms with Gasteiger partial charge in [0.25, 0.3) is 0 Å². The minimum Gasteiger partial charge on any atom is -0.390 e. The highest BCUT2D eigenvalue weighted by Crippen LogP contribution is 2.11. The van der Waals surface area contributed by atoms with Gasteiger partial charge in [-0.05, 0) is 19.4 Å². The maximum absolute atomic E-state index is 9.05. The second-order valence-electron chi connectivity index (χ2n) is 4.08. The van der Waals surface area contributed by atoms with Gasteiger partial charge in [0, 0.05) is 12.1 Å². The van der Waals surface area contributed by atoms with E-state index in [0.717, 1.165) is 23.6 Å². The third-order valence-electron chi connectivity index (χ3n) is 2.68. The standard InChI is InChI=1S/C13H16N2O/c1-9-3-5-11(6-4-9)7-13-14-10(2)12(8-16)15-13/h3-6,16H,7-8H2,1-2H3,(H,14,15). The number of aryl methyl sites for hydroxylation is 2. The molecule has 2 aromatic rings. The van der Waals surface area contributed by atoms with Crippen LogP contribution in [0, 0.1) is 13.8 Å². The summed E-state index contributed by atoms with van der Waals surface area (Å²) < 4.78 is 0. The third kappa shape index (κ3) is 2.31. The molecule has 3 nitrogen and oxygen atoms in total. The van der Waals surface area contributed by atoms with Crippen LogP contribution in [0.15, 0.2) is 24.3 Å². The molecule has 0 aliphatic carbocycles. The Morgan fingerprint density at radius 3 is 2.44 bits per heavy atom. The minimum absolute atomic E-state index is 0.00374. The Balaban J connectivity index is 2.17. The van der Waals surface area contributed by atoms with Gasteiger partial charge in [0.05, 0.1) is 12.3 Å². The topological polar surface area (TPSA) is 48.9 Å². The molecular weight excluding hydrogens is 200 g/mol. The molecule has 0 aliphatic rings. The van der Waals surface area contributed by atoms with Crippen LogP contribution in [0.25, 0.3) is 0 Å². The van der Waals surface area contributed by atoms with Gasteiger partial charge in [-0.2, -0.15) is 0 Å². The fourth-order valence-electron chi connectivity index (χ4n) is 1.70. The van der Waals surface area contributed by atoms with E-state index in [1.54, 1.807) is 0 Å². The first kappa shape index (κ1) is 10.9. The van der Waals surface area contributed by atoms with Crippen molar-refractivity contribution in [1.29, 1.82) is 0 Å². The number of rotatable bonds is 3. The molecule has 0 saturated heterocycles. The van der Waals surface area contributed by atoms with Crippen LogP contribution in [0.4, 0.5) is 0 Å². The lowest BCUT2D eigenvalue weighted by Gasteiger charge is -1.98. The van der Waals surface area contributed by atoms with Crippen LogP contribution >= 0.6 is 0 Å². The number of H-pyrrole nitrogens is 1. The van der Waals surface area contributed by atoms with Crippen molar-refractivity contribution >= 4 is 0 Å². The number of nitrogens with one attached hydrogen (secondary N) is 1. The van der Waals surface area contributed by atoms with Crippen LogP contribution in [0.2, 0.25) is 0 Å². The van der Waals surface area contributed by atoms with Gasteiger partial charge in [-0.15, -0.1) is 0 Å². The molecule has 0 bridgehead atoms. The number of imidazole rings is 1. The summed E-state index contributed by atoms with van der Waals surface area (Å²) in [4.78, 5) is 7.53. The van der Waals surface area contributed by atoms with Gasteiger partial charge in [0.1, 0.15) is 5.82 Å². The lowest BCUT2D eigenvalue weighted by Crippen LogP contribution is -1.91. The van der Waals surface area contributed by atoms with Crippen LogP contribution in [0.5, 0.6) is 0 Å². The van der Waals surface area contributed by atoms with Crippen molar-refractivity contribution in [1.82, 2.24) is 9.97 Å². The van der Waals surface area contributed by atoms with Crippen molar-refractivity contribution in [3.8, 4) is 0 Å². The maximum Gasteiger partial charge on any atom is 0.111 e. The minimum atomic E-state index is -0.00374. The number of aromatic amines is 1. The largest absolute Gasteiger partial charge is 0.390 e. The molecule has 1 heterocycles. The summed E-state index contributed by atoms with van der Waals surface area (Å²) in [5, 5.41) is 9.05. The number of nitrogens with zero attached hydrogens (tertiary/aromatic N) is 1. The van der Waals surface area contributed by atoms with E-state index in [0.29, 0.717) is 0 Å². The molecule has 16 heavy (non-hydrogen) atoms. The van der Waals surface area contributed by atoms with Crippen molar-refractivity contribution in [2.45, 2.75) is 26.9 Å². The van der Waals surface area contributed by atoms with E-state index in [-0.39, 0.29) is 6.61 Å². The van der Waals surface area contributed by atoms with Gasteiger partial charge < -0.3 is 10.1 Å². The first-order chi connectivity index (χ1) is 7.69. The Kier molecular flexibility index (Phi) is 3.06. The van der Waals surface area contributed by atoms with Crippen molar-refractivity contribution in [3.05, 3.63) is 52.6 Å². The quantitative estimate of drug-likeness (QED) is 0.825. The number of hydrogen-bond donors (Lipinski definition) is 2. The Hall–Kier alpha value is -1.61. The number of aliphatic hydroxyl groups is 1. The Morgan fingerprint density at radius 1 is 1.19 bits per heavy atom.